The summed E-state index contributed by atoms with van der Waals surface area (Å²) in [5.74, 6) is 1.86. The van der Waals surface area contributed by atoms with E-state index in [0.717, 1.165) is 44.2 Å². The zero-order valence-electron chi connectivity index (χ0n) is 25.5. The zero-order valence-corrected chi connectivity index (χ0v) is 25.5. The number of fused-ring (bicyclic) bond motifs is 6. The van der Waals surface area contributed by atoms with Crippen LogP contribution in [0.15, 0.2) is 144 Å². The predicted molar refractivity (Wildman–Crippen MR) is 186 cm³/mol. The third kappa shape index (κ3) is 4.04. The molecule has 9 rings (SSSR count). The molecular weight excluding hydrogens is 562 g/mol. The second-order valence-electron chi connectivity index (χ2n) is 12.4. The summed E-state index contributed by atoms with van der Waals surface area (Å²) in [6.45, 7) is 4.64. The number of hydrogen-bond donors (Lipinski definition) is 0. The number of aromatic nitrogens is 3. The fourth-order valence-corrected chi connectivity index (χ4v) is 7.11. The summed E-state index contributed by atoms with van der Waals surface area (Å²) in [7, 11) is 0. The molecule has 218 valence electrons. The lowest BCUT2D eigenvalue weighted by atomic mass is 9.82. The second kappa shape index (κ2) is 10.1. The van der Waals surface area contributed by atoms with E-state index in [1.165, 1.54) is 27.8 Å². The van der Waals surface area contributed by atoms with E-state index in [1.807, 2.05) is 72.8 Å². The van der Waals surface area contributed by atoms with Gasteiger partial charge in [0.25, 0.3) is 0 Å². The highest BCUT2D eigenvalue weighted by atomic mass is 16.3. The summed E-state index contributed by atoms with van der Waals surface area (Å²) >= 11 is 0. The molecule has 1 aliphatic carbocycles. The van der Waals surface area contributed by atoms with Crippen LogP contribution in [0, 0.1) is 0 Å². The summed E-state index contributed by atoms with van der Waals surface area (Å²) in [4.78, 5) is 15.0. The predicted octanol–water partition coefficient (Wildman–Crippen LogP) is 10.7. The Morgan fingerprint density at radius 2 is 1.02 bits per heavy atom. The van der Waals surface area contributed by atoms with Gasteiger partial charge >= 0.3 is 0 Å². The summed E-state index contributed by atoms with van der Waals surface area (Å²) < 4.78 is 6.57. The van der Waals surface area contributed by atoms with E-state index in [9.17, 15) is 0 Å². The van der Waals surface area contributed by atoms with E-state index < -0.39 is 0 Å². The lowest BCUT2D eigenvalue weighted by molar-refractivity contribution is 0.660. The Kier molecular flexibility index (Phi) is 5.81. The van der Waals surface area contributed by atoms with Crippen molar-refractivity contribution in [2.45, 2.75) is 19.3 Å². The molecule has 46 heavy (non-hydrogen) atoms. The highest BCUT2D eigenvalue weighted by molar-refractivity contribution is 6.15. The molecule has 0 atom stereocenters. The number of rotatable bonds is 4. The molecular formula is C42H29N3O. The van der Waals surface area contributed by atoms with Crippen LogP contribution in [-0.4, -0.2) is 15.0 Å². The Hall–Kier alpha value is -5.87. The van der Waals surface area contributed by atoms with Gasteiger partial charge in [-0.25, -0.2) is 15.0 Å². The standard InChI is InChI=1S/C42H29N3O/c1-42(2)33-21-11-9-18-30(33)37-29(20-13-22-34(37)42)32-24-28(25-36-38(32)31-19-10-12-23-35(31)46-36)41-44-39(26-14-5-3-6-15-26)43-40(45-41)27-16-7-4-8-17-27/h3-25H,1-2H3. The topological polar surface area (TPSA) is 51.8 Å². The van der Waals surface area contributed by atoms with E-state index in [1.54, 1.807) is 0 Å². The van der Waals surface area contributed by atoms with Crippen LogP contribution in [0.4, 0.5) is 0 Å². The SMILES string of the molecule is CC1(C)c2ccccc2-c2c(-c3cc(-c4nc(-c5ccccc5)nc(-c5ccccc5)n4)cc4oc5ccccc5c34)cccc21. The van der Waals surface area contributed by atoms with Crippen molar-refractivity contribution in [1.29, 1.82) is 0 Å². The summed E-state index contributed by atoms with van der Waals surface area (Å²) in [6.07, 6.45) is 0. The van der Waals surface area contributed by atoms with Crippen molar-refractivity contribution in [2.24, 2.45) is 0 Å². The molecule has 6 aromatic carbocycles. The Morgan fingerprint density at radius 3 is 1.74 bits per heavy atom. The second-order valence-corrected chi connectivity index (χ2v) is 12.4. The highest BCUT2D eigenvalue weighted by Crippen LogP contribution is 2.53. The van der Waals surface area contributed by atoms with Crippen LogP contribution >= 0.6 is 0 Å². The molecule has 0 radical (unpaired) electrons. The maximum absolute atomic E-state index is 6.57. The van der Waals surface area contributed by atoms with E-state index in [-0.39, 0.29) is 5.41 Å². The van der Waals surface area contributed by atoms with E-state index in [2.05, 4.69) is 80.6 Å². The van der Waals surface area contributed by atoms with Crippen LogP contribution in [0.5, 0.6) is 0 Å². The Labute approximate surface area is 267 Å². The first-order valence-electron chi connectivity index (χ1n) is 15.6. The van der Waals surface area contributed by atoms with Crippen molar-refractivity contribution < 1.29 is 4.42 Å². The molecule has 0 bridgehead atoms. The molecule has 0 aliphatic heterocycles. The fraction of sp³-hybridized carbons (Fsp3) is 0.0714. The summed E-state index contributed by atoms with van der Waals surface area (Å²) in [5.41, 5.74) is 11.8. The molecule has 0 fully saturated rings. The molecule has 8 aromatic rings. The minimum Gasteiger partial charge on any atom is -0.456 e. The average molecular weight is 592 g/mol. The largest absolute Gasteiger partial charge is 0.456 e. The van der Waals surface area contributed by atoms with E-state index >= 15 is 0 Å². The molecule has 0 N–H and O–H groups in total. The number of para-hydroxylation sites is 1. The van der Waals surface area contributed by atoms with Crippen molar-refractivity contribution in [3.05, 3.63) is 151 Å². The summed E-state index contributed by atoms with van der Waals surface area (Å²) in [5, 5.41) is 2.18. The van der Waals surface area contributed by atoms with Crippen molar-refractivity contribution in [1.82, 2.24) is 15.0 Å². The van der Waals surface area contributed by atoms with Crippen LogP contribution in [0.3, 0.4) is 0 Å². The summed E-state index contributed by atoms with van der Waals surface area (Å²) in [6, 6.07) is 48.3. The monoisotopic (exact) mass is 591 g/mol. The van der Waals surface area contributed by atoms with Crippen LogP contribution in [0.25, 0.3) is 78.4 Å². The minimum absolute atomic E-state index is 0.111. The maximum Gasteiger partial charge on any atom is 0.164 e. The van der Waals surface area contributed by atoms with Gasteiger partial charge in [-0.15, -0.1) is 0 Å². The maximum atomic E-state index is 6.57. The Bertz CT molecular complexity index is 2380. The van der Waals surface area contributed by atoms with Gasteiger partial charge in [0, 0.05) is 32.9 Å². The third-order valence-corrected chi connectivity index (χ3v) is 9.33. The molecule has 0 unspecified atom stereocenters. The van der Waals surface area contributed by atoms with Crippen LogP contribution < -0.4 is 0 Å². The lowest BCUT2D eigenvalue weighted by Crippen LogP contribution is -2.14. The highest BCUT2D eigenvalue weighted by Gasteiger charge is 2.37. The van der Waals surface area contributed by atoms with Gasteiger partial charge in [-0.3, -0.25) is 0 Å². The van der Waals surface area contributed by atoms with Crippen molar-refractivity contribution in [2.75, 3.05) is 0 Å². The molecule has 1 aliphatic rings. The quantitative estimate of drug-likeness (QED) is 0.204. The molecule has 2 aromatic heterocycles. The first-order valence-corrected chi connectivity index (χ1v) is 15.6. The zero-order chi connectivity index (χ0) is 30.8. The van der Waals surface area contributed by atoms with Gasteiger partial charge in [0.1, 0.15) is 11.2 Å². The number of nitrogens with zero attached hydrogens (tertiary/aromatic N) is 3. The van der Waals surface area contributed by atoms with Crippen LogP contribution in [0.1, 0.15) is 25.0 Å². The third-order valence-electron chi connectivity index (χ3n) is 9.33. The number of hydrogen-bond acceptors (Lipinski definition) is 4. The molecule has 0 amide bonds. The Balaban J connectivity index is 1.36. The van der Waals surface area contributed by atoms with Gasteiger partial charge in [0.05, 0.1) is 0 Å². The van der Waals surface area contributed by atoms with Gasteiger partial charge in [-0.1, -0.05) is 135 Å². The molecule has 4 nitrogen and oxygen atoms in total. The minimum atomic E-state index is -0.111. The van der Waals surface area contributed by atoms with Crippen molar-refractivity contribution >= 4 is 21.9 Å². The van der Waals surface area contributed by atoms with Gasteiger partial charge in [-0.2, -0.15) is 0 Å². The average Bonchev–Trinajstić information content (AvgIpc) is 3.61. The van der Waals surface area contributed by atoms with Crippen molar-refractivity contribution in [3.63, 3.8) is 0 Å². The normalized spacial score (nSPS) is 13.2. The molecule has 2 heterocycles. The van der Waals surface area contributed by atoms with Crippen LogP contribution in [-0.2, 0) is 5.41 Å². The van der Waals surface area contributed by atoms with Crippen LogP contribution in [0.2, 0.25) is 0 Å². The Morgan fingerprint density at radius 1 is 0.457 bits per heavy atom. The number of furan rings is 1. The molecule has 0 saturated carbocycles. The molecule has 0 saturated heterocycles. The molecule has 0 spiro atoms. The smallest absolute Gasteiger partial charge is 0.164 e. The van der Waals surface area contributed by atoms with Gasteiger partial charge < -0.3 is 4.42 Å². The fourth-order valence-electron chi connectivity index (χ4n) is 7.11. The van der Waals surface area contributed by atoms with Gasteiger partial charge in [0.15, 0.2) is 17.5 Å². The first kappa shape index (κ1) is 26.5. The first-order chi connectivity index (χ1) is 22.6. The molecule has 4 heteroatoms. The van der Waals surface area contributed by atoms with Crippen molar-refractivity contribution in [3.8, 4) is 56.4 Å². The van der Waals surface area contributed by atoms with E-state index in [0.29, 0.717) is 17.5 Å². The lowest BCUT2D eigenvalue weighted by Gasteiger charge is -2.21. The number of benzene rings is 6. The van der Waals surface area contributed by atoms with Gasteiger partial charge in [-0.05, 0) is 51.6 Å². The van der Waals surface area contributed by atoms with Gasteiger partial charge in [0.2, 0.25) is 0 Å². The van der Waals surface area contributed by atoms with E-state index in [4.69, 9.17) is 19.4 Å².